The van der Waals surface area contributed by atoms with Crippen molar-refractivity contribution in [3.63, 3.8) is 0 Å². The zero-order chi connectivity index (χ0) is 26.0. The number of carboxylic acids is 4. The summed E-state index contributed by atoms with van der Waals surface area (Å²) in [6.07, 6.45) is -3.14. The molecular formula is C17H20N2O14. The van der Waals surface area contributed by atoms with Gasteiger partial charge in [-0.25, -0.2) is 24.2 Å². The van der Waals surface area contributed by atoms with E-state index in [1.54, 1.807) is 0 Å². The highest BCUT2D eigenvalue weighted by molar-refractivity contribution is 6.05. The fraction of sp³-hybridized carbons (Fsp3) is 0.412. The number of carbonyl (C=O) groups is 8. The second-order valence-electron chi connectivity index (χ2n) is 6.38. The molecule has 0 spiro atoms. The Morgan fingerprint density at radius 3 is 1.18 bits per heavy atom. The zero-order valence-electron chi connectivity index (χ0n) is 16.7. The number of nitrogens with zero attached hydrogens (tertiary/aromatic N) is 2. The molecule has 2 aliphatic heterocycles. The van der Waals surface area contributed by atoms with Crippen molar-refractivity contribution in [2.75, 3.05) is 13.1 Å². The molecule has 0 radical (unpaired) electrons. The standard InChI is InChI=1S/2C6H7NO5.C5H6O4/c2*8-4-3(5(9)10)1-2-7(4)6(11)12;1-3(5(8)9)2-4(6)7/h2*3H,1-2H2,(H,9,10)(H,11,12);1-2H2,(H,6,7)(H,8,9). The van der Waals surface area contributed by atoms with Gasteiger partial charge in [0.15, 0.2) is 0 Å². The third-order valence-electron chi connectivity index (χ3n) is 4.14. The number of amides is 4. The van der Waals surface area contributed by atoms with E-state index in [4.69, 9.17) is 30.6 Å². The topological polar surface area (TPSA) is 264 Å². The second kappa shape index (κ2) is 12.4. The molecule has 0 aromatic rings. The summed E-state index contributed by atoms with van der Waals surface area (Å²) < 4.78 is 0. The van der Waals surface area contributed by atoms with E-state index in [1.165, 1.54) is 0 Å². The molecule has 0 aromatic heterocycles. The predicted octanol–water partition coefficient (Wildman–Crippen LogP) is -0.703. The van der Waals surface area contributed by atoms with E-state index < -0.39 is 66.1 Å². The third kappa shape index (κ3) is 8.64. The Morgan fingerprint density at radius 2 is 1.06 bits per heavy atom. The van der Waals surface area contributed by atoms with Crippen molar-refractivity contribution in [3.05, 3.63) is 12.2 Å². The molecule has 2 aliphatic rings. The molecule has 2 rings (SSSR count). The van der Waals surface area contributed by atoms with Crippen molar-refractivity contribution in [2.45, 2.75) is 19.3 Å². The SMILES string of the molecule is C=C(CC(=O)O)C(=O)O.O=C(O)C1CCN(C(=O)O)C1=O.O=C(O)C1CCN(C(=O)O)C1=O. The Bertz CT molecular complexity index is 779. The van der Waals surface area contributed by atoms with E-state index in [0.29, 0.717) is 9.80 Å². The van der Waals surface area contributed by atoms with Crippen LogP contribution in [0.25, 0.3) is 0 Å². The summed E-state index contributed by atoms with van der Waals surface area (Å²) in [5, 5.41) is 49.8. The smallest absolute Gasteiger partial charge is 0.414 e. The number of hydrogen-bond acceptors (Lipinski definition) is 8. The second-order valence-corrected chi connectivity index (χ2v) is 6.38. The van der Waals surface area contributed by atoms with Crippen molar-refractivity contribution in [1.82, 2.24) is 9.80 Å². The van der Waals surface area contributed by atoms with E-state index in [9.17, 15) is 38.4 Å². The summed E-state index contributed by atoms with van der Waals surface area (Å²) in [4.78, 5) is 83.9. The fourth-order valence-corrected chi connectivity index (χ4v) is 2.46. The monoisotopic (exact) mass is 476 g/mol. The van der Waals surface area contributed by atoms with Gasteiger partial charge in [-0.2, -0.15) is 0 Å². The van der Waals surface area contributed by atoms with Gasteiger partial charge in [0.1, 0.15) is 11.8 Å². The Kier molecular flexibility index (Phi) is 10.7. The van der Waals surface area contributed by atoms with Crippen molar-refractivity contribution in [1.29, 1.82) is 0 Å². The molecule has 33 heavy (non-hydrogen) atoms. The Morgan fingerprint density at radius 1 is 0.727 bits per heavy atom. The molecular weight excluding hydrogens is 456 g/mol. The first-order valence-electron chi connectivity index (χ1n) is 8.78. The van der Waals surface area contributed by atoms with Crippen LogP contribution in [-0.4, -0.2) is 101 Å². The van der Waals surface area contributed by atoms with E-state index >= 15 is 0 Å². The van der Waals surface area contributed by atoms with Gasteiger partial charge < -0.3 is 30.6 Å². The van der Waals surface area contributed by atoms with Gasteiger partial charge in [-0.1, -0.05) is 6.58 Å². The highest BCUT2D eigenvalue weighted by Crippen LogP contribution is 2.18. The maximum absolute atomic E-state index is 11.0. The van der Waals surface area contributed by atoms with Gasteiger partial charge in [0.05, 0.1) is 6.42 Å². The van der Waals surface area contributed by atoms with Crippen LogP contribution in [0.4, 0.5) is 9.59 Å². The molecule has 4 amide bonds. The molecule has 0 bridgehead atoms. The minimum atomic E-state index is -1.39. The van der Waals surface area contributed by atoms with Gasteiger partial charge in [0.25, 0.3) is 0 Å². The highest BCUT2D eigenvalue weighted by atomic mass is 16.4. The fourth-order valence-electron chi connectivity index (χ4n) is 2.46. The van der Waals surface area contributed by atoms with Gasteiger partial charge in [-0.3, -0.25) is 24.0 Å². The molecule has 0 aliphatic carbocycles. The predicted molar refractivity (Wildman–Crippen MR) is 100.0 cm³/mol. The average molecular weight is 476 g/mol. The number of carboxylic acid groups (broad SMARTS) is 6. The minimum absolute atomic E-state index is 0.0227. The Balaban J connectivity index is 0.000000472. The van der Waals surface area contributed by atoms with E-state index in [2.05, 4.69) is 6.58 Å². The number of carbonyl (C=O) groups excluding carboxylic acids is 2. The van der Waals surface area contributed by atoms with E-state index in [0.717, 1.165) is 0 Å². The van der Waals surface area contributed by atoms with Crippen LogP contribution >= 0.6 is 0 Å². The van der Waals surface area contributed by atoms with Crippen LogP contribution in [0.15, 0.2) is 12.2 Å². The van der Waals surface area contributed by atoms with Crippen molar-refractivity contribution >= 4 is 47.9 Å². The average Bonchev–Trinajstić information content (AvgIpc) is 3.25. The van der Waals surface area contributed by atoms with Gasteiger partial charge in [-0.05, 0) is 12.8 Å². The van der Waals surface area contributed by atoms with Crippen LogP contribution in [0.2, 0.25) is 0 Å². The van der Waals surface area contributed by atoms with Crippen LogP contribution in [0.3, 0.4) is 0 Å². The molecule has 0 saturated carbocycles. The molecule has 2 atom stereocenters. The normalized spacial score (nSPS) is 18.9. The van der Waals surface area contributed by atoms with Crippen LogP contribution < -0.4 is 0 Å². The molecule has 0 aromatic carbocycles. The zero-order valence-corrected chi connectivity index (χ0v) is 16.7. The summed E-state index contributed by atoms with van der Waals surface area (Å²) in [7, 11) is 0. The highest BCUT2D eigenvalue weighted by Gasteiger charge is 2.40. The molecule has 6 N–H and O–H groups in total. The summed E-state index contributed by atoms with van der Waals surface area (Å²) in [5.74, 6) is -9.00. The van der Waals surface area contributed by atoms with Gasteiger partial charge >= 0.3 is 36.1 Å². The first-order chi connectivity index (χ1) is 15.1. The summed E-state index contributed by atoms with van der Waals surface area (Å²) >= 11 is 0. The van der Waals surface area contributed by atoms with Gasteiger partial charge in [-0.15, -0.1) is 0 Å². The van der Waals surface area contributed by atoms with Crippen LogP contribution in [0.5, 0.6) is 0 Å². The molecule has 16 nitrogen and oxygen atoms in total. The van der Waals surface area contributed by atoms with Gasteiger partial charge in [0, 0.05) is 18.7 Å². The van der Waals surface area contributed by atoms with Crippen molar-refractivity contribution in [2.24, 2.45) is 11.8 Å². The quantitative estimate of drug-likeness (QED) is 0.211. The van der Waals surface area contributed by atoms with E-state index in [1.807, 2.05) is 0 Å². The van der Waals surface area contributed by atoms with E-state index in [-0.39, 0.29) is 31.5 Å². The summed E-state index contributed by atoms with van der Waals surface area (Å²) in [6.45, 7) is 2.97. The number of imide groups is 2. The third-order valence-corrected chi connectivity index (χ3v) is 4.14. The number of likely N-dealkylation sites (tertiary alicyclic amines) is 2. The molecule has 2 heterocycles. The Hall–Kier alpha value is -4.50. The lowest BCUT2D eigenvalue weighted by atomic mass is 10.1. The Labute approximate surface area is 183 Å². The number of aliphatic carboxylic acids is 4. The molecule has 182 valence electrons. The maximum Gasteiger partial charge on any atom is 0.414 e. The van der Waals surface area contributed by atoms with Crippen LogP contribution in [0, 0.1) is 11.8 Å². The molecule has 2 fully saturated rings. The van der Waals surface area contributed by atoms with Crippen LogP contribution in [-0.2, 0) is 28.8 Å². The van der Waals surface area contributed by atoms with Crippen molar-refractivity contribution in [3.8, 4) is 0 Å². The molecule has 2 saturated heterocycles. The minimum Gasteiger partial charge on any atom is -0.481 e. The number of rotatable bonds is 5. The molecule has 16 heteroatoms. The maximum atomic E-state index is 11.0. The van der Waals surface area contributed by atoms with Crippen LogP contribution in [0.1, 0.15) is 19.3 Å². The summed E-state index contributed by atoms with van der Waals surface area (Å²) in [6, 6.07) is 0. The van der Waals surface area contributed by atoms with Gasteiger partial charge in [0.2, 0.25) is 11.8 Å². The summed E-state index contributed by atoms with van der Waals surface area (Å²) in [5.41, 5.74) is -0.303. The number of hydrogen-bond donors (Lipinski definition) is 6. The lowest BCUT2D eigenvalue weighted by Gasteiger charge is -2.07. The van der Waals surface area contributed by atoms with Crippen molar-refractivity contribution < 1.29 is 69.0 Å². The molecule has 2 unspecified atom stereocenters. The lowest BCUT2D eigenvalue weighted by molar-refractivity contribution is -0.148. The lowest BCUT2D eigenvalue weighted by Crippen LogP contribution is -2.34. The first-order valence-corrected chi connectivity index (χ1v) is 8.78. The largest absolute Gasteiger partial charge is 0.481 e. The first kappa shape index (κ1) is 28.5.